The van der Waals surface area contributed by atoms with Crippen LogP contribution >= 0.6 is 0 Å². The van der Waals surface area contributed by atoms with Gasteiger partial charge in [-0.2, -0.15) is 0 Å². The first-order valence-electron chi connectivity index (χ1n) is 6.29. The van der Waals surface area contributed by atoms with E-state index in [1.165, 1.54) is 0 Å². The van der Waals surface area contributed by atoms with Crippen molar-refractivity contribution in [2.24, 2.45) is 0 Å². The molecule has 2 aromatic rings. The highest BCUT2D eigenvalue weighted by atomic mass is 16.4. The number of rotatable bonds is 2. The van der Waals surface area contributed by atoms with Gasteiger partial charge in [-0.05, 0) is 30.2 Å². The molecule has 0 radical (unpaired) electrons. The number of aryl methyl sites for hydroxylation is 1. The first-order valence-corrected chi connectivity index (χ1v) is 6.29. The van der Waals surface area contributed by atoms with Gasteiger partial charge < -0.3 is 10.8 Å². The summed E-state index contributed by atoms with van der Waals surface area (Å²) < 4.78 is 0. The Labute approximate surface area is 113 Å². The summed E-state index contributed by atoms with van der Waals surface area (Å²) in [5, 5.41) is 9.17. The fourth-order valence-electron chi connectivity index (χ4n) is 1.95. The van der Waals surface area contributed by atoms with Crippen LogP contribution in [0.5, 0.6) is 0 Å². The summed E-state index contributed by atoms with van der Waals surface area (Å²) in [6, 6.07) is 12.4. The summed E-state index contributed by atoms with van der Waals surface area (Å²) in [5.41, 5.74) is 9.23. The van der Waals surface area contributed by atoms with Crippen molar-refractivity contribution in [3.05, 3.63) is 53.6 Å². The van der Waals surface area contributed by atoms with E-state index in [2.05, 4.69) is 0 Å². The molecule has 0 heterocycles. The van der Waals surface area contributed by atoms with Crippen LogP contribution in [-0.4, -0.2) is 11.1 Å². The van der Waals surface area contributed by atoms with Gasteiger partial charge in [0, 0.05) is 11.3 Å². The van der Waals surface area contributed by atoms with Crippen molar-refractivity contribution in [2.75, 3.05) is 5.73 Å². The van der Waals surface area contributed by atoms with Crippen LogP contribution in [0.1, 0.15) is 29.8 Å². The Hall–Kier alpha value is -2.29. The second-order valence-electron chi connectivity index (χ2n) is 3.89. The van der Waals surface area contributed by atoms with E-state index in [0.717, 1.165) is 11.1 Å². The Balaban J connectivity index is 0.000000861. The molecule has 19 heavy (non-hydrogen) atoms. The predicted molar refractivity (Wildman–Crippen MR) is 79.3 cm³/mol. The Kier molecular flexibility index (Phi) is 5.12. The molecule has 0 fully saturated rings. The molecule has 0 bridgehead atoms. The smallest absolute Gasteiger partial charge is 0.336 e. The van der Waals surface area contributed by atoms with Gasteiger partial charge in [0.05, 0.1) is 5.56 Å². The second kappa shape index (κ2) is 6.59. The van der Waals surface area contributed by atoms with Gasteiger partial charge in [-0.1, -0.05) is 44.2 Å². The third-order valence-corrected chi connectivity index (χ3v) is 2.73. The van der Waals surface area contributed by atoms with E-state index in [1.807, 2.05) is 39.0 Å². The van der Waals surface area contributed by atoms with Crippen LogP contribution in [0, 0.1) is 6.92 Å². The van der Waals surface area contributed by atoms with Crippen molar-refractivity contribution < 1.29 is 9.90 Å². The zero-order chi connectivity index (χ0) is 14.4. The summed E-state index contributed by atoms with van der Waals surface area (Å²) >= 11 is 0. The Morgan fingerprint density at radius 2 is 1.68 bits per heavy atom. The highest BCUT2D eigenvalue weighted by molar-refractivity contribution is 5.98. The van der Waals surface area contributed by atoms with E-state index in [0.29, 0.717) is 11.3 Å². The van der Waals surface area contributed by atoms with Gasteiger partial charge in [0.2, 0.25) is 0 Å². The average Bonchev–Trinajstić information content (AvgIpc) is 2.41. The maximum Gasteiger partial charge on any atom is 0.336 e. The molecule has 0 atom stereocenters. The minimum Gasteiger partial charge on any atom is -0.478 e. The van der Waals surface area contributed by atoms with Crippen LogP contribution in [0.15, 0.2) is 42.5 Å². The minimum atomic E-state index is -0.941. The van der Waals surface area contributed by atoms with Crippen LogP contribution in [0.4, 0.5) is 5.69 Å². The zero-order valence-corrected chi connectivity index (χ0v) is 11.5. The minimum absolute atomic E-state index is 0.272. The number of carboxylic acid groups (broad SMARTS) is 1. The van der Waals surface area contributed by atoms with Gasteiger partial charge in [0.1, 0.15) is 0 Å². The standard InChI is InChI=1S/C14H13NO2.C2H6/c1-9-5-4-8-12(15)13(9)10-6-2-3-7-11(10)14(16)17;1-2/h2-8H,15H2,1H3,(H,16,17);1-2H3. The number of aromatic carboxylic acids is 1. The Bertz CT molecular complexity index is 556. The van der Waals surface area contributed by atoms with Gasteiger partial charge in [-0.15, -0.1) is 0 Å². The van der Waals surface area contributed by atoms with E-state index in [9.17, 15) is 4.79 Å². The number of carbonyl (C=O) groups is 1. The first-order chi connectivity index (χ1) is 9.11. The van der Waals surface area contributed by atoms with Crippen LogP contribution < -0.4 is 5.73 Å². The average molecular weight is 257 g/mol. The number of nitrogen functional groups attached to an aromatic ring is 1. The van der Waals surface area contributed by atoms with Crippen molar-refractivity contribution in [2.45, 2.75) is 20.8 Å². The van der Waals surface area contributed by atoms with E-state index in [4.69, 9.17) is 10.8 Å². The summed E-state index contributed by atoms with van der Waals surface area (Å²) in [5.74, 6) is -0.941. The van der Waals surface area contributed by atoms with E-state index in [1.54, 1.807) is 24.3 Å². The molecule has 100 valence electrons. The van der Waals surface area contributed by atoms with Crippen LogP contribution in [0.3, 0.4) is 0 Å². The molecular formula is C16H19NO2. The number of carboxylic acids is 1. The number of hydrogen-bond donors (Lipinski definition) is 2. The maximum atomic E-state index is 11.2. The molecule has 0 amide bonds. The second-order valence-corrected chi connectivity index (χ2v) is 3.89. The fourth-order valence-corrected chi connectivity index (χ4v) is 1.95. The zero-order valence-electron chi connectivity index (χ0n) is 11.5. The van der Waals surface area contributed by atoms with Crippen molar-refractivity contribution >= 4 is 11.7 Å². The molecule has 0 aliphatic carbocycles. The summed E-state index contributed by atoms with van der Waals surface area (Å²) in [6.07, 6.45) is 0. The lowest BCUT2D eigenvalue weighted by Crippen LogP contribution is -2.01. The molecule has 0 saturated carbocycles. The quantitative estimate of drug-likeness (QED) is 0.800. The van der Waals surface area contributed by atoms with Gasteiger partial charge in [0.25, 0.3) is 0 Å². The van der Waals surface area contributed by atoms with E-state index in [-0.39, 0.29) is 5.56 Å². The lowest BCUT2D eigenvalue weighted by Gasteiger charge is -2.11. The van der Waals surface area contributed by atoms with Crippen LogP contribution in [0.25, 0.3) is 11.1 Å². The molecule has 3 heteroatoms. The molecule has 0 aromatic heterocycles. The number of anilines is 1. The predicted octanol–water partition coefficient (Wildman–Crippen LogP) is 3.97. The van der Waals surface area contributed by atoms with Gasteiger partial charge in [-0.3, -0.25) is 0 Å². The van der Waals surface area contributed by atoms with Gasteiger partial charge in [0.15, 0.2) is 0 Å². The molecule has 2 rings (SSSR count). The van der Waals surface area contributed by atoms with Crippen molar-refractivity contribution in [1.82, 2.24) is 0 Å². The van der Waals surface area contributed by atoms with Crippen molar-refractivity contribution in [3.63, 3.8) is 0 Å². The van der Waals surface area contributed by atoms with Crippen LogP contribution in [-0.2, 0) is 0 Å². The normalized spacial score (nSPS) is 9.42. The molecule has 3 nitrogen and oxygen atoms in total. The van der Waals surface area contributed by atoms with E-state index >= 15 is 0 Å². The highest BCUT2D eigenvalue weighted by Gasteiger charge is 2.14. The highest BCUT2D eigenvalue weighted by Crippen LogP contribution is 2.31. The van der Waals surface area contributed by atoms with Crippen molar-refractivity contribution in [3.8, 4) is 11.1 Å². The molecule has 3 N–H and O–H groups in total. The molecule has 0 saturated heterocycles. The third kappa shape index (κ3) is 3.13. The largest absolute Gasteiger partial charge is 0.478 e. The van der Waals surface area contributed by atoms with Gasteiger partial charge in [-0.25, -0.2) is 4.79 Å². The molecule has 0 aliphatic heterocycles. The lowest BCUT2D eigenvalue weighted by molar-refractivity contribution is 0.0698. The summed E-state index contributed by atoms with van der Waals surface area (Å²) in [6.45, 7) is 5.92. The Morgan fingerprint density at radius 1 is 1.05 bits per heavy atom. The number of nitrogens with two attached hydrogens (primary N) is 1. The Morgan fingerprint density at radius 3 is 2.26 bits per heavy atom. The number of benzene rings is 2. The summed E-state index contributed by atoms with van der Waals surface area (Å²) in [4.78, 5) is 11.2. The van der Waals surface area contributed by atoms with E-state index < -0.39 is 5.97 Å². The SMILES string of the molecule is CC.Cc1cccc(N)c1-c1ccccc1C(=O)O. The topological polar surface area (TPSA) is 63.3 Å². The molecule has 0 aliphatic rings. The maximum absolute atomic E-state index is 11.2. The fraction of sp³-hybridized carbons (Fsp3) is 0.188. The molecule has 2 aromatic carbocycles. The number of hydrogen-bond acceptors (Lipinski definition) is 2. The molecule has 0 unspecified atom stereocenters. The molecule has 0 spiro atoms. The van der Waals surface area contributed by atoms with Crippen molar-refractivity contribution in [1.29, 1.82) is 0 Å². The first kappa shape index (κ1) is 14.8. The molecular weight excluding hydrogens is 238 g/mol. The van der Waals surface area contributed by atoms with Crippen LogP contribution in [0.2, 0.25) is 0 Å². The monoisotopic (exact) mass is 257 g/mol. The summed E-state index contributed by atoms with van der Waals surface area (Å²) in [7, 11) is 0. The van der Waals surface area contributed by atoms with Gasteiger partial charge >= 0.3 is 5.97 Å². The third-order valence-electron chi connectivity index (χ3n) is 2.73. The lowest BCUT2D eigenvalue weighted by atomic mass is 9.94.